The van der Waals surface area contributed by atoms with E-state index in [9.17, 15) is 14.0 Å². The Morgan fingerprint density at radius 2 is 2.21 bits per heavy atom. The minimum atomic E-state index is -0.548. The summed E-state index contributed by atoms with van der Waals surface area (Å²) in [5, 5.41) is 2.51. The molecule has 19 heavy (non-hydrogen) atoms. The lowest BCUT2D eigenvalue weighted by Gasteiger charge is -2.08. The van der Waals surface area contributed by atoms with E-state index in [1.807, 2.05) is 0 Å². The van der Waals surface area contributed by atoms with Crippen molar-refractivity contribution in [3.05, 3.63) is 53.1 Å². The highest BCUT2D eigenvalue weighted by molar-refractivity contribution is 6.31. The lowest BCUT2D eigenvalue weighted by Crippen LogP contribution is -2.19. The molecule has 0 atom stereocenters. The predicted molar refractivity (Wildman–Crippen MR) is 69.9 cm³/mol. The van der Waals surface area contributed by atoms with Crippen LogP contribution in [0.5, 0.6) is 0 Å². The lowest BCUT2D eigenvalue weighted by molar-refractivity contribution is -0.116. The van der Waals surface area contributed by atoms with Gasteiger partial charge < -0.3 is 9.88 Å². The van der Waals surface area contributed by atoms with Gasteiger partial charge in [0.05, 0.1) is 10.7 Å². The fourth-order valence-electron chi connectivity index (χ4n) is 1.61. The monoisotopic (exact) mass is 280 g/mol. The zero-order valence-electron chi connectivity index (χ0n) is 9.77. The van der Waals surface area contributed by atoms with E-state index in [-0.39, 0.29) is 17.5 Å². The highest BCUT2D eigenvalue weighted by Crippen LogP contribution is 2.19. The standard InChI is InChI=1S/C13H10ClFN2O2/c14-11-6-9(3-4-12(11)15)16-13(19)7-17-5-1-2-10(17)8-18/h1-6,8H,7H2,(H,16,19). The van der Waals surface area contributed by atoms with Gasteiger partial charge in [-0.1, -0.05) is 11.6 Å². The summed E-state index contributed by atoms with van der Waals surface area (Å²) >= 11 is 5.61. The Kier molecular flexibility index (Phi) is 3.97. The smallest absolute Gasteiger partial charge is 0.244 e. The first-order valence-electron chi connectivity index (χ1n) is 5.45. The number of aromatic nitrogens is 1. The van der Waals surface area contributed by atoms with Gasteiger partial charge in [-0.15, -0.1) is 0 Å². The van der Waals surface area contributed by atoms with E-state index in [2.05, 4.69) is 5.32 Å². The van der Waals surface area contributed by atoms with Crippen molar-refractivity contribution >= 4 is 29.5 Å². The third kappa shape index (κ3) is 3.20. The molecule has 0 fully saturated rings. The van der Waals surface area contributed by atoms with E-state index in [1.165, 1.54) is 22.8 Å². The van der Waals surface area contributed by atoms with Crippen LogP contribution in [0, 0.1) is 5.82 Å². The molecule has 1 amide bonds. The summed E-state index contributed by atoms with van der Waals surface area (Å²) in [5.74, 6) is -0.879. The summed E-state index contributed by atoms with van der Waals surface area (Å²) in [6, 6.07) is 7.19. The van der Waals surface area contributed by atoms with E-state index in [0.29, 0.717) is 17.7 Å². The number of benzene rings is 1. The average molecular weight is 281 g/mol. The van der Waals surface area contributed by atoms with Gasteiger partial charge in [0.1, 0.15) is 12.4 Å². The van der Waals surface area contributed by atoms with Crippen molar-refractivity contribution in [3.8, 4) is 0 Å². The van der Waals surface area contributed by atoms with Crippen molar-refractivity contribution in [1.29, 1.82) is 0 Å². The number of amides is 1. The first kappa shape index (κ1) is 13.3. The van der Waals surface area contributed by atoms with Crippen LogP contribution in [-0.4, -0.2) is 16.8 Å². The van der Waals surface area contributed by atoms with Gasteiger partial charge in [0.25, 0.3) is 0 Å². The van der Waals surface area contributed by atoms with Gasteiger partial charge in [-0.3, -0.25) is 9.59 Å². The van der Waals surface area contributed by atoms with Crippen molar-refractivity contribution in [2.75, 3.05) is 5.32 Å². The highest BCUT2D eigenvalue weighted by Gasteiger charge is 2.07. The van der Waals surface area contributed by atoms with Crippen molar-refractivity contribution in [2.45, 2.75) is 6.54 Å². The first-order valence-corrected chi connectivity index (χ1v) is 5.83. The molecule has 0 unspecified atom stereocenters. The molecule has 2 rings (SSSR count). The molecule has 1 N–H and O–H groups in total. The second-order valence-electron chi connectivity index (χ2n) is 3.86. The summed E-state index contributed by atoms with van der Waals surface area (Å²) in [7, 11) is 0. The van der Waals surface area contributed by atoms with E-state index in [1.54, 1.807) is 18.3 Å². The number of halogens is 2. The SMILES string of the molecule is O=Cc1cccn1CC(=O)Nc1ccc(F)c(Cl)c1. The number of carbonyl (C=O) groups excluding carboxylic acids is 2. The number of anilines is 1. The molecule has 0 bridgehead atoms. The molecule has 1 aromatic carbocycles. The summed E-state index contributed by atoms with van der Waals surface area (Å²) in [5.41, 5.74) is 0.809. The van der Waals surface area contributed by atoms with E-state index < -0.39 is 5.82 Å². The fourth-order valence-corrected chi connectivity index (χ4v) is 1.79. The van der Waals surface area contributed by atoms with Gasteiger partial charge in [0, 0.05) is 11.9 Å². The Morgan fingerprint density at radius 1 is 1.42 bits per heavy atom. The molecular formula is C13H10ClFN2O2. The number of carbonyl (C=O) groups is 2. The molecule has 0 saturated heterocycles. The van der Waals surface area contributed by atoms with Crippen LogP contribution in [0.25, 0.3) is 0 Å². The van der Waals surface area contributed by atoms with Crippen LogP contribution in [0.4, 0.5) is 10.1 Å². The number of hydrogen-bond donors (Lipinski definition) is 1. The Hall–Kier alpha value is -2.14. The lowest BCUT2D eigenvalue weighted by atomic mass is 10.3. The van der Waals surface area contributed by atoms with Gasteiger partial charge >= 0.3 is 0 Å². The molecule has 0 saturated carbocycles. The number of aldehydes is 1. The van der Waals surface area contributed by atoms with Gasteiger partial charge in [0.15, 0.2) is 6.29 Å². The Morgan fingerprint density at radius 3 is 2.89 bits per heavy atom. The first-order chi connectivity index (χ1) is 9.10. The minimum absolute atomic E-state index is 0.00390. The van der Waals surface area contributed by atoms with Crippen LogP contribution in [-0.2, 0) is 11.3 Å². The zero-order valence-corrected chi connectivity index (χ0v) is 10.5. The topological polar surface area (TPSA) is 51.1 Å². The van der Waals surface area contributed by atoms with Crippen LogP contribution >= 0.6 is 11.6 Å². The third-order valence-corrected chi connectivity index (χ3v) is 2.79. The Bertz CT molecular complexity index is 625. The molecule has 0 aliphatic carbocycles. The fraction of sp³-hybridized carbons (Fsp3) is 0.0769. The maximum atomic E-state index is 13.0. The predicted octanol–water partition coefficient (Wildman–Crippen LogP) is 2.73. The second kappa shape index (κ2) is 5.67. The Balaban J connectivity index is 2.05. The summed E-state index contributed by atoms with van der Waals surface area (Å²) in [4.78, 5) is 22.5. The van der Waals surface area contributed by atoms with Crippen LogP contribution in [0.15, 0.2) is 36.5 Å². The molecular weight excluding hydrogens is 271 g/mol. The second-order valence-corrected chi connectivity index (χ2v) is 4.26. The van der Waals surface area contributed by atoms with Gasteiger partial charge in [-0.05, 0) is 30.3 Å². The van der Waals surface area contributed by atoms with Crippen molar-refractivity contribution in [1.82, 2.24) is 4.57 Å². The van der Waals surface area contributed by atoms with Crippen LogP contribution in [0.2, 0.25) is 5.02 Å². The normalized spacial score (nSPS) is 10.2. The average Bonchev–Trinajstić information content (AvgIpc) is 2.81. The van der Waals surface area contributed by atoms with Gasteiger partial charge in [-0.25, -0.2) is 4.39 Å². The van der Waals surface area contributed by atoms with Crippen LogP contribution in [0.1, 0.15) is 10.5 Å². The van der Waals surface area contributed by atoms with Crippen LogP contribution in [0.3, 0.4) is 0 Å². The van der Waals surface area contributed by atoms with Crippen molar-refractivity contribution in [3.63, 3.8) is 0 Å². The number of nitrogens with zero attached hydrogens (tertiary/aromatic N) is 1. The van der Waals surface area contributed by atoms with Crippen LogP contribution < -0.4 is 5.32 Å². The molecule has 1 aromatic heterocycles. The number of rotatable bonds is 4. The van der Waals surface area contributed by atoms with Crippen molar-refractivity contribution in [2.24, 2.45) is 0 Å². The third-order valence-electron chi connectivity index (χ3n) is 2.50. The summed E-state index contributed by atoms with van der Waals surface area (Å²) < 4.78 is 14.5. The van der Waals surface area contributed by atoms with Gasteiger partial charge in [-0.2, -0.15) is 0 Å². The molecule has 2 aromatic rings. The number of hydrogen-bond acceptors (Lipinski definition) is 2. The van der Waals surface area contributed by atoms with E-state index in [4.69, 9.17) is 11.6 Å². The minimum Gasteiger partial charge on any atom is -0.336 e. The Labute approximate surface area is 113 Å². The molecule has 4 nitrogen and oxygen atoms in total. The molecule has 1 heterocycles. The highest BCUT2D eigenvalue weighted by atomic mass is 35.5. The molecule has 0 spiro atoms. The zero-order chi connectivity index (χ0) is 13.8. The molecule has 0 aliphatic heterocycles. The molecule has 6 heteroatoms. The van der Waals surface area contributed by atoms with E-state index in [0.717, 1.165) is 0 Å². The van der Waals surface area contributed by atoms with E-state index >= 15 is 0 Å². The van der Waals surface area contributed by atoms with Gasteiger partial charge in [0.2, 0.25) is 5.91 Å². The summed E-state index contributed by atoms with van der Waals surface area (Å²) in [6.45, 7) is -0.00390. The maximum Gasteiger partial charge on any atom is 0.244 e. The number of nitrogens with one attached hydrogen (secondary N) is 1. The summed E-state index contributed by atoms with van der Waals surface area (Å²) in [6.07, 6.45) is 2.29. The molecule has 98 valence electrons. The maximum absolute atomic E-state index is 13.0. The quantitative estimate of drug-likeness (QED) is 0.876. The largest absolute Gasteiger partial charge is 0.336 e. The molecule has 0 radical (unpaired) electrons. The molecule has 0 aliphatic rings. The van der Waals surface area contributed by atoms with Crippen molar-refractivity contribution < 1.29 is 14.0 Å².